The fourth-order valence-electron chi connectivity index (χ4n) is 1.68. The highest BCUT2D eigenvalue weighted by Gasteiger charge is 2.40. The summed E-state index contributed by atoms with van der Waals surface area (Å²) < 4.78 is 5.54. The van der Waals surface area contributed by atoms with Crippen molar-refractivity contribution in [3.8, 4) is 0 Å². The molecule has 0 bridgehead atoms. The topological polar surface area (TPSA) is 49.7 Å². The van der Waals surface area contributed by atoms with Crippen LogP contribution in [0.15, 0.2) is 0 Å². The fraction of sp³-hybridized carbons (Fsp3) is 1.00. The molecule has 1 aliphatic heterocycles. The Morgan fingerprint density at radius 2 is 2.17 bits per heavy atom. The first-order valence-corrected chi connectivity index (χ1v) is 4.51. The normalized spacial score (nSPS) is 43.0. The summed E-state index contributed by atoms with van der Waals surface area (Å²) in [5.74, 6) is 0. The average Bonchev–Trinajstić information content (AvgIpc) is 2.05. The minimum atomic E-state index is -0.914. The minimum Gasteiger partial charge on any atom is -0.393 e. The van der Waals surface area contributed by atoms with Gasteiger partial charge in [0.15, 0.2) is 0 Å². The van der Waals surface area contributed by atoms with Gasteiger partial charge in [0.25, 0.3) is 0 Å². The van der Waals surface area contributed by atoms with Gasteiger partial charge >= 0.3 is 0 Å². The summed E-state index contributed by atoms with van der Waals surface area (Å²) in [4.78, 5) is 0. The second-order valence-electron chi connectivity index (χ2n) is 3.96. The Labute approximate surface area is 73.4 Å². The molecular weight excluding hydrogens is 156 g/mol. The van der Waals surface area contributed by atoms with Gasteiger partial charge in [-0.2, -0.15) is 0 Å². The number of hydrogen-bond acceptors (Lipinski definition) is 3. The number of aliphatic hydroxyl groups excluding tert-OH is 1. The van der Waals surface area contributed by atoms with E-state index in [4.69, 9.17) is 9.84 Å². The Balaban J connectivity index is 2.62. The highest BCUT2D eigenvalue weighted by molar-refractivity contribution is 4.91. The van der Waals surface area contributed by atoms with Crippen LogP contribution in [0.3, 0.4) is 0 Å². The van der Waals surface area contributed by atoms with Crippen LogP contribution >= 0.6 is 0 Å². The maximum atomic E-state index is 9.82. The zero-order valence-corrected chi connectivity index (χ0v) is 7.84. The quantitative estimate of drug-likeness (QED) is 0.647. The Morgan fingerprint density at radius 3 is 2.67 bits per heavy atom. The van der Waals surface area contributed by atoms with Crippen LogP contribution in [0.4, 0.5) is 0 Å². The van der Waals surface area contributed by atoms with Crippen LogP contribution in [0.25, 0.3) is 0 Å². The van der Waals surface area contributed by atoms with Crippen LogP contribution in [-0.2, 0) is 4.74 Å². The molecule has 0 spiro atoms. The van der Waals surface area contributed by atoms with Gasteiger partial charge in [0, 0.05) is 12.8 Å². The third-order valence-corrected chi connectivity index (χ3v) is 2.76. The lowest BCUT2D eigenvalue weighted by molar-refractivity contribution is -0.166. The molecule has 72 valence electrons. The third kappa shape index (κ3) is 1.97. The van der Waals surface area contributed by atoms with Gasteiger partial charge in [0.2, 0.25) is 0 Å². The van der Waals surface area contributed by atoms with E-state index in [1.54, 1.807) is 0 Å². The zero-order valence-electron chi connectivity index (χ0n) is 7.84. The van der Waals surface area contributed by atoms with Crippen LogP contribution in [0.1, 0.15) is 33.1 Å². The van der Waals surface area contributed by atoms with E-state index in [-0.39, 0.29) is 12.2 Å². The first-order chi connectivity index (χ1) is 5.54. The van der Waals surface area contributed by atoms with E-state index < -0.39 is 5.60 Å². The fourth-order valence-corrected chi connectivity index (χ4v) is 1.68. The monoisotopic (exact) mass is 174 g/mol. The molecule has 0 amide bonds. The molecule has 1 rings (SSSR count). The molecule has 2 unspecified atom stereocenters. The number of hydrogen-bond donors (Lipinski definition) is 2. The Bertz CT molecular complexity index is 144. The van der Waals surface area contributed by atoms with Crippen molar-refractivity contribution in [3.05, 3.63) is 0 Å². The standard InChI is InChI=1S/C9H18O3/c1-3-8(2)6-9(11,7-10)4-5-12-8/h10-11H,3-7H2,1-2H3. The van der Waals surface area contributed by atoms with Gasteiger partial charge < -0.3 is 14.9 Å². The van der Waals surface area contributed by atoms with E-state index in [9.17, 15) is 5.11 Å². The largest absolute Gasteiger partial charge is 0.393 e. The summed E-state index contributed by atoms with van der Waals surface area (Å²) in [6.07, 6.45) is 1.95. The molecule has 1 aliphatic rings. The molecular formula is C9H18O3. The summed E-state index contributed by atoms with van der Waals surface area (Å²) in [7, 11) is 0. The van der Waals surface area contributed by atoms with Crippen LogP contribution in [-0.4, -0.2) is 34.6 Å². The van der Waals surface area contributed by atoms with Crippen LogP contribution < -0.4 is 0 Å². The molecule has 0 saturated carbocycles. The number of aliphatic hydroxyl groups is 2. The molecule has 3 heteroatoms. The van der Waals surface area contributed by atoms with Gasteiger partial charge in [-0.3, -0.25) is 0 Å². The molecule has 3 nitrogen and oxygen atoms in total. The average molecular weight is 174 g/mol. The van der Waals surface area contributed by atoms with Crippen molar-refractivity contribution in [1.29, 1.82) is 0 Å². The summed E-state index contributed by atoms with van der Waals surface area (Å²) >= 11 is 0. The highest BCUT2D eigenvalue weighted by atomic mass is 16.5. The van der Waals surface area contributed by atoms with Gasteiger partial charge in [0.1, 0.15) is 0 Å². The predicted molar refractivity (Wildman–Crippen MR) is 45.9 cm³/mol. The lowest BCUT2D eigenvalue weighted by atomic mass is 9.82. The molecule has 2 N–H and O–H groups in total. The summed E-state index contributed by atoms with van der Waals surface area (Å²) in [5.41, 5.74) is -1.17. The lowest BCUT2D eigenvalue weighted by Gasteiger charge is -2.42. The SMILES string of the molecule is CCC1(C)CC(O)(CO)CCO1. The Morgan fingerprint density at radius 1 is 1.50 bits per heavy atom. The smallest absolute Gasteiger partial charge is 0.0926 e. The molecule has 0 radical (unpaired) electrons. The molecule has 0 aromatic rings. The van der Waals surface area contributed by atoms with Gasteiger partial charge in [-0.25, -0.2) is 0 Å². The molecule has 12 heavy (non-hydrogen) atoms. The van der Waals surface area contributed by atoms with Crippen LogP contribution in [0.5, 0.6) is 0 Å². The third-order valence-electron chi connectivity index (χ3n) is 2.76. The first-order valence-electron chi connectivity index (χ1n) is 4.51. The highest BCUT2D eigenvalue weighted by Crippen LogP contribution is 2.33. The van der Waals surface area contributed by atoms with Crippen LogP contribution in [0, 0.1) is 0 Å². The van der Waals surface area contributed by atoms with Crippen molar-refractivity contribution in [2.45, 2.75) is 44.3 Å². The Kier molecular flexibility index (Phi) is 2.76. The van der Waals surface area contributed by atoms with Crippen molar-refractivity contribution in [3.63, 3.8) is 0 Å². The number of ether oxygens (including phenoxy) is 1. The van der Waals surface area contributed by atoms with Gasteiger partial charge in [-0.15, -0.1) is 0 Å². The van der Waals surface area contributed by atoms with E-state index in [1.807, 2.05) is 13.8 Å². The second-order valence-corrected chi connectivity index (χ2v) is 3.96. The molecule has 1 fully saturated rings. The van der Waals surface area contributed by atoms with Crippen molar-refractivity contribution in [2.24, 2.45) is 0 Å². The maximum absolute atomic E-state index is 9.82. The van der Waals surface area contributed by atoms with Gasteiger partial charge in [-0.05, 0) is 13.3 Å². The van der Waals surface area contributed by atoms with Crippen molar-refractivity contribution in [1.82, 2.24) is 0 Å². The predicted octanol–water partition coefficient (Wildman–Crippen LogP) is 0.689. The lowest BCUT2D eigenvalue weighted by Crippen LogP contribution is -2.49. The van der Waals surface area contributed by atoms with E-state index in [0.29, 0.717) is 19.4 Å². The van der Waals surface area contributed by atoms with Gasteiger partial charge in [-0.1, -0.05) is 6.92 Å². The summed E-state index contributed by atoms with van der Waals surface area (Å²) in [6, 6.07) is 0. The minimum absolute atomic E-state index is 0.161. The van der Waals surface area contributed by atoms with E-state index in [1.165, 1.54) is 0 Å². The van der Waals surface area contributed by atoms with E-state index >= 15 is 0 Å². The van der Waals surface area contributed by atoms with Crippen LogP contribution in [0.2, 0.25) is 0 Å². The van der Waals surface area contributed by atoms with Crippen molar-refractivity contribution >= 4 is 0 Å². The molecule has 0 aromatic carbocycles. The Hall–Kier alpha value is -0.120. The molecule has 2 atom stereocenters. The maximum Gasteiger partial charge on any atom is 0.0926 e. The summed E-state index contributed by atoms with van der Waals surface area (Å²) in [5, 5.41) is 18.8. The van der Waals surface area contributed by atoms with Gasteiger partial charge in [0.05, 0.1) is 24.4 Å². The molecule has 1 saturated heterocycles. The van der Waals surface area contributed by atoms with Crippen molar-refractivity contribution < 1.29 is 14.9 Å². The van der Waals surface area contributed by atoms with E-state index in [0.717, 1.165) is 6.42 Å². The first kappa shape index (κ1) is 9.96. The molecule has 0 aromatic heterocycles. The molecule has 1 heterocycles. The second kappa shape index (κ2) is 3.32. The zero-order chi connectivity index (χ0) is 9.24. The van der Waals surface area contributed by atoms with E-state index in [2.05, 4.69) is 0 Å². The van der Waals surface area contributed by atoms with Crippen molar-refractivity contribution in [2.75, 3.05) is 13.2 Å². The summed E-state index contributed by atoms with van der Waals surface area (Å²) in [6.45, 7) is 4.39. The molecule has 0 aliphatic carbocycles. The number of rotatable bonds is 2.